The highest BCUT2D eigenvalue weighted by molar-refractivity contribution is 8.00. The number of hydrazine groups is 1. The topological polar surface area (TPSA) is 110 Å². The van der Waals surface area contributed by atoms with Crippen molar-refractivity contribution in [1.82, 2.24) is 16.2 Å². The zero-order valence-electron chi connectivity index (χ0n) is 22.7. The van der Waals surface area contributed by atoms with E-state index in [1.54, 1.807) is 67.4 Å². The average molecular weight is 532 g/mol. The van der Waals surface area contributed by atoms with Crippen molar-refractivity contribution in [2.75, 3.05) is 7.11 Å². The molecule has 1 aliphatic rings. The predicted octanol–water partition coefficient (Wildman–Crippen LogP) is 6.03. The van der Waals surface area contributed by atoms with Crippen LogP contribution in [0.15, 0.2) is 78.9 Å². The number of amides is 1. The second kappa shape index (κ2) is 18.4. The van der Waals surface area contributed by atoms with E-state index < -0.39 is 0 Å². The Balaban J connectivity index is 0.000000607. The Morgan fingerprint density at radius 2 is 1.82 bits per heavy atom. The van der Waals surface area contributed by atoms with E-state index in [1.807, 2.05) is 45.0 Å². The summed E-state index contributed by atoms with van der Waals surface area (Å²) in [5.74, 6) is 0.336. The standard InChI is InChI=1S/C21H26N4O2S.C7H5N.C2H6/c1-5-8-16(20(26)23-21-25-24-19(28-21)9-6-2)15(7-3)17-12-14(13-22)10-11-18(17)27-4;8-6-7-4-2-1-3-5-7;1-2/h5,7-8,10-12,19,21,24-25H,3,6,9H2,1-2,4H3,(H,23,26);1-5H;1-2H3/b8-5-,16-15-;;/t19-,21?;;/m1../s1. The Morgan fingerprint density at radius 1 is 1.13 bits per heavy atom. The highest BCUT2D eigenvalue weighted by Gasteiger charge is 2.26. The summed E-state index contributed by atoms with van der Waals surface area (Å²) in [7, 11) is 1.56. The van der Waals surface area contributed by atoms with Crippen molar-refractivity contribution in [1.29, 1.82) is 10.5 Å². The summed E-state index contributed by atoms with van der Waals surface area (Å²) in [6.07, 6.45) is 7.22. The Bertz CT molecular complexity index is 1180. The van der Waals surface area contributed by atoms with Gasteiger partial charge in [0.15, 0.2) is 0 Å². The maximum atomic E-state index is 13.0. The molecule has 2 aromatic carbocycles. The van der Waals surface area contributed by atoms with Gasteiger partial charge in [0.1, 0.15) is 11.2 Å². The van der Waals surface area contributed by atoms with Gasteiger partial charge in [-0.05, 0) is 49.2 Å². The molecule has 0 aliphatic carbocycles. The van der Waals surface area contributed by atoms with Gasteiger partial charge in [-0.25, -0.2) is 10.9 Å². The summed E-state index contributed by atoms with van der Waals surface area (Å²) in [5.41, 5.74) is 8.94. The molecule has 3 rings (SSSR count). The van der Waals surface area contributed by atoms with Gasteiger partial charge >= 0.3 is 0 Å². The molecule has 0 spiro atoms. The van der Waals surface area contributed by atoms with Gasteiger partial charge in [-0.1, -0.05) is 82.0 Å². The first kappa shape index (κ1) is 32.2. The molecular weight excluding hydrogens is 494 g/mol. The third-order valence-corrected chi connectivity index (χ3v) is 6.27. The molecule has 0 saturated carbocycles. The Morgan fingerprint density at radius 3 is 2.34 bits per heavy atom. The number of nitrogens with one attached hydrogen (secondary N) is 3. The molecule has 1 heterocycles. The van der Waals surface area contributed by atoms with Crippen LogP contribution in [0.25, 0.3) is 5.57 Å². The Labute approximate surface area is 231 Å². The first-order valence-electron chi connectivity index (χ1n) is 12.5. The Hall–Kier alpha value is -3.82. The van der Waals surface area contributed by atoms with Crippen molar-refractivity contribution < 1.29 is 9.53 Å². The van der Waals surface area contributed by atoms with Crippen LogP contribution in [0.1, 0.15) is 57.2 Å². The van der Waals surface area contributed by atoms with Gasteiger partial charge in [-0.3, -0.25) is 4.79 Å². The first-order valence-corrected chi connectivity index (χ1v) is 13.5. The molecule has 1 saturated heterocycles. The number of carbonyl (C=O) groups is 1. The SMILES string of the molecule is C=C/C(=C(\C=C/C)C(=O)NC1NN[C@@H](CCC)S1)c1cc(C#N)ccc1OC.CC.N#Cc1ccccc1. The third-order valence-electron chi connectivity index (χ3n) is 5.08. The number of hydrogen-bond acceptors (Lipinski definition) is 7. The molecule has 8 heteroatoms. The van der Waals surface area contributed by atoms with Crippen LogP contribution in [-0.2, 0) is 4.79 Å². The fourth-order valence-corrected chi connectivity index (χ4v) is 4.54. The first-order chi connectivity index (χ1) is 18.5. The van der Waals surface area contributed by atoms with Crippen molar-refractivity contribution in [2.45, 2.75) is 51.4 Å². The molecule has 0 bridgehead atoms. The van der Waals surface area contributed by atoms with Gasteiger partial charge in [0.2, 0.25) is 0 Å². The summed E-state index contributed by atoms with van der Waals surface area (Å²) in [5, 5.41) is 20.8. The molecule has 2 aromatic rings. The third kappa shape index (κ3) is 9.91. The number of benzene rings is 2. The number of carbonyl (C=O) groups excluding carboxylic acids is 1. The van der Waals surface area contributed by atoms with Crippen molar-refractivity contribution in [3.63, 3.8) is 0 Å². The monoisotopic (exact) mass is 531 g/mol. The van der Waals surface area contributed by atoms with E-state index in [0.29, 0.717) is 33.6 Å². The molecule has 0 radical (unpaired) electrons. The number of hydrogen-bond donors (Lipinski definition) is 3. The van der Waals surface area contributed by atoms with Gasteiger partial charge in [0.05, 0.1) is 35.7 Å². The minimum Gasteiger partial charge on any atom is -0.496 e. The molecule has 2 atom stereocenters. The summed E-state index contributed by atoms with van der Waals surface area (Å²) in [4.78, 5) is 13.0. The molecule has 1 amide bonds. The van der Waals surface area contributed by atoms with Gasteiger partial charge in [0, 0.05) is 11.1 Å². The fourth-order valence-electron chi connectivity index (χ4n) is 3.39. The minimum absolute atomic E-state index is 0.234. The van der Waals surface area contributed by atoms with Crippen LogP contribution >= 0.6 is 11.8 Å². The Kier molecular flexibility index (Phi) is 15.6. The van der Waals surface area contributed by atoms with E-state index in [9.17, 15) is 10.1 Å². The van der Waals surface area contributed by atoms with Crippen molar-refractivity contribution in [2.24, 2.45) is 0 Å². The van der Waals surface area contributed by atoms with Gasteiger partial charge in [-0.15, -0.1) is 0 Å². The van der Waals surface area contributed by atoms with Crippen LogP contribution in [0.5, 0.6) is 5.75 Å². The van der Waals surface area contributed by atoms with Crippen LogP contribution in [0.3, 0.4) is 0 Å². The molecule has 1 unspecified atom stereocenters. The van der Waals surface area contributed by atoms with Gasteiger partial charge < -0.3 is 10.1 Å². The summed E-state index contributed by atoms with van der Waals surface area (Å²) in [6, 6.07) is 18.4. The zero-order chi connectivity index (χ0) is 28.3. The predicted molar refractivity (Wildman–Crippen MR) is 157 cm³/mol. The highest BCUT2D eigenvalue weighted by atomic mass is 32.2. The molecule has 3 N–H and O–H groups in total. The maximum Gasteiger partial charge on any atom is 0.253 e. The lowest BCUT2D eigenvalue weighted by Crippen LogP contribution is -2.44. The van der Waals surface area contributed by atoms with E-state index in [1.165, 1.54) is 0 Å². The summed E-state index contributed by atoms with van der Waals surface area (Å²) >= 11 is 1.63. The van der Waals surface area contributed by atoms with E-state index in [4.69, 9.17) is 10.00 Å². The second-order valence-corrected chi connectivity index (χ2v) is 8.90. The smallest absolute Gasteiger partial charge is 0.253 e. The number of methoxy groups -OCH3 is 1. The van der Waals surface area contributed by atoms with Crippen LogP contribution < -0.4 is 20.9 Å². The number of nitriles is 2. The van der Waals surface area contributed by atoms with E-state index in [2.05, 4.69) is 35.7 Å². The van der Waals surface area contributed by atoms with Crippen molar-refractivity contribution >= 4 is 23.2 Å². The van der Waals surface area contributed by atoms with E-state index in [-0.39, 0.29) is 16.8 Å². The number of rotatable bonds is 8. The molecule has 200 valence electrons. The van der Waals surface area contributed by atoms with Crippen LogP contribution in [0.4, 0.5) is 0 Å². The number of ether oxygens (including phenoxy) is 1. The van der Waals surface area contributed by atoms with Gasteiger partial charge in [0.25, 0.3) is 5.91 Å². The molecule has 1 fully saturated rings. The average Bonchev–Trinajstić information content (AvgIpc) is 3.41. The molecule has 0 aromatic heterocycles. The molecular formula is C30H37N5O2S. The fraction of sp³-hybridized carbons (Fsp3) is 0.300. The number of nitrogens with zero attached hydrogens (tertiary/aromatic N) is 2. The van der Waals surface area contributed by atoms with Crippen molar-refractivity contribution in [3.8, 4) is 17.9 Å². The lowest BCUT2D eigenvalue weighted by atomic mass is 9.96. The van der Waals surface area contributed by atoms with Crippen molar-refractivity contribution in [3.05, 3.63) is 95.6 Å². The highest BCUT2D eigenvalue weighted by Crippen LogP contribution is 2.31. The molecule has 1 aliphatic heterocycles. The lowest BCUT2D eigenvalue weighted by Gasteiger charge is -2.16. The summed E-state index contributed by atoms with van der Waals surface area (Å²) in [6.45, 7) is 11.8. The van der Waals surface area contributed by atoms with Crippen LogP contribution in [0.2, 0.25) is 0 Å². The van der Waals surface area contributed by atoms with E-state index >= 15 is 0 Å². The summed E-state index contributed by atoms with van der Waals surface area (Å²) < 4.78 is 5.44. The van der Waals surface area contributed by atoms with Gasteiger partial charge in [-0.2, -0.15) is 10.5 Å². The number of allylic oxidation sites excluding steroid dienone is 3. The second-order valence-electron chi connectivity index (χ2n) is 7.59. The molecule has 38 heavy (non-hydrogen) atoms. The maximum absolute atomic E-state index is 13.0. The number of thioether (sulfide) groups is 1. The molecule has 7 nitrogen and oxygen atoms in total. The van der Waals surface area contributed by atoms with Crippen LogP contribution in [-0.4, -0.2) is 23.9 Å². The normalized spacial score (nSPS) is 16.4. The minimum atomic E-state index is -0.235. The zero-order valence-corrected chi connectivity index (χ0v) is 23.6. The largest absolute Gasteiger partial charge is 0.496 e. The quantitative estimate of drug-likeness (QED) is 0.282. The lowest BCUT2D eigenvalue weighted by molar-refractivity contribution is -0.117. The van der Waals surface area contributed by atoms with E-state index in [0.717, 1.165) is 12.8 Å². The van der Waals surface area contributed by atoms with Crippen LogP contribution in [0, 0.1) is 22.7 Å².